The van der Waals surface area contributed by atoms with Crippen LogP contribution in [0.4, 0.5) is 5.69 Å². The van der Waals surface area contributed by atoms with Gasteiger partial charge in [0, 0.05) is 64.4 Å². The third kappa shape index (κ3) is 6.93. The second-order valence-electron chi connectivity index (χ2n) is 6.82. The zero-order valence-electron chi connectivity index (χ0n) is 17.5. The van der Waals surface area contributed by atoms with Crippen LogP contribution < -0.4 is 15.4 Å². The molecule has 3 aromatic rings. The third-order valence-electron chi connectivity index (χ3n) is 4.49. The number of benzene rings is 2. The summed E-state index contributed by atoms with van der Waals surface area (Å²) in [6.45, 7) is 2.82. The van der Waals surface area contributed by atoms with Crippen LogP contribution in [0, 0.1) is 0 Å². The molecule has 0 aliphatic rings. The van der Waals surface area contributed by atoms with Crippen LogP contribution in [0.15, 0.2) is 72.2 Å². The Morgan fingerprint density at radius 1 is 1.10 bits per heavy atom. The number of hydrogen-bond acceptors (Lipinski definition) is 4. The number of ether oxygens (including phenoxy) is 2. The minimum atomic E-state index is 0.626. The van der Waals surface area contributed by atoms with Crippen LogP contribution >= 0.6 is 0 Å². The molecule has 3 rings (SSSR count). The van der Waals surface area contributed by atoms with E-state index in [0.29, 0.717) is 25.7 Å². The molecule has 0 atom stereocenters. The van der Waals surface area contributed by atoms with Gasteiger partial charge >= 0.3 is 0 Å². The lowest BCUT2D eigenvalue weighted by molar-refractivity contribution is 0.172. The number of rotatable bonds is 10. The Hall–Kier alpha value is -3.32. The topological polar surface area (TPSA) is 72.7 Å². The first-order valence-electron chi connectivity index (χ1n) is 10.00. The zero-order valence-corrected chi connectivity index (χ0v) is 17.5. The lowest BCUT2D eigenvalue weighted by Gasteiger charge is -2.13. The van der Waals surface area contributed by atoms with E-state index < -0.39 is 0 Å². The maximum atomic E-state index is 5.76. The van der Waals surface area contributed by atoms with Gasteiger partial charge in [0.05, 0.1) is 12.9 Å². The van der Waals surface area contributed by atoms with E-state index in [9.17, 15) is 0 Å². The van der Waals surface area contributed by atoms with Gasteiger partial charge in [0.25, 0.3) is 0 Å². The molecule has 7 heteroatoms. The van der Waals surface area contributed by atoms with Crippen LogP contribution in [0.3, 0.4) is 0 Å². The van der Waals surface area contributed by atoms with Crippen LogP contribution in [0.2, 0.25) is 0 Å². The fraction of sp³-hybridized carbons (Fsp3) is 0.304. The quantitative estimate of drug-likeness (QED) is 0.306. The molecular weight excluding hydrogens is 378 g/mol. The Labute approximate surface area is 177 Å². The first kappa shape index (κ1) is 21.4. The van der Waals surface area contributed by atoms with Gasteiger partial charge < -0.3 is 24.7 Å². The number of anilines is 1. The van der Waals surface area contributed by atoms with Crippen LogP contribution in [-0.4, -0.2) is 42.9 Å². The molecule has 0 amide bonds. The van der Waals surface area contributed by atoms with E-state index in [-0.39, 0.29) is 0 Å². The summed E-state index contributed by atoms with van der Waals surface area (Å²) >= 11 is 0. The van der Waals surface area contributed by atoms with Crippen molar-refractivity contribution < 1.29 is 9.47 Å². The molecule has 0 saturated carbocycles. The normalized spacial score (nSPS) is 11.3. The summed E-state index contributed by atoms with van der Waals surface area (Å²) in [4.78, 5) is 8.38. The molecule has 2 N–H and O–H groups in total. The van der Waals surface area contributed by atoms with Gasteiger partial charge in [-0.05, 0) is 23.3 Å². The average molecular weight is 408 g/mol. The average Bonchev–Trinajstić information content (AvgIpc) is 3.28. The molecule has 2 aromatic carbocycles. The molecule has 0 radical (unpaired) electrons. The molecule has 0 saturated heterocycles. The predicted molar refractivity (Wildman–Crippen MR) is 120 cm³/mol. The van der Waals surface area contributed by atoms with Gasteiger partial charge in [0.2, 0.25) is 0 Å². The van der Waals surface area contributed by atoms with Gasteiger partial charge in [-0.15, -0.1) is 0 Å². The molecule has 0 aliphatic heterocycles. The van der Waals surface area contributed by atoms with Crippen molar-refractivity contribution in [2.75, 3.05) is 32.7 Å². The smallest absolute Gasteiger partial charge is 0.195 e. The summed E-state index contributed by atoms with van der Waals surface area (Å²) in [6, 6.07) is 16.4. The van der Waals surface area contributed by atoms with Crippen LogP contribution in [0.1, 0.15) is 17.5 Å². The van der Waals surface area contributed by atoms with Crippen LogP contribution in [0.25, 0.3) is 0 Å². The number of nitrogens with zero attached hydrogens (tertiary/aromatic N) is 3. The van der Waals surface area contributed by atoms with Gasteiger partial charge in [-0.25, -0.2) is 4.98 Å². The van der Waals surface area contributed by atoms with E-state index in [1.54, 1.807) is 20.4 Å². The van der Waals surface area contributed by atoms with Gasteiger partial charge in [-0.3, -0.25) is 4.99 Å². The Bertz CT molecular complexity index is 908. The van der Waals surface area contributed by atoms with Gasteiger partial charge in [0.1, 0.15) is 5.75 Å². The molecule has 0 spiro atoms. The first-order chi connectivity index (χ1) is 14.8. The Balaban J connectivity index is 1.48. The van der Waals surface area contributed by atoms with Crippen LogP contribution in [-0.2, 0) is 17.8 Å². The number of imidazole rings is 1. The Kier molecular flexibility index (Phi) is 8.29. The molecule has 0 bridgehead atoms. The number of hydrogen-bond donors (Lipinski definition) is 2. The van der Waals surface area contributed by atoms with Crippen molar-refractivity contribution in [3.05, 3.63) is 78.4 Å². The van der Waals surface area contributed by atoms with Gasteiger partial charge in [0.15, 0.2) is 5.96 Å². The zero-order chi connectivity index (χ0) is 21.0. The molecule has 0 fully saturated rings. The Morgan fingerprint density at radius 3 is 2.67 bits per heavy atom. The molecule has 1 heterocycles. The Morgan fingerprint density at radius 2 is 1.93 bits per heavy atom. The summed E-state index contributed by atoms with van der Waals surface area (Å²) in [5, 5.41) is 6.65. The second kappa shape index (κ2) is 11.6. The molecule has 7 nitrogen and oxygen atoms in total. The third-order valence-corrected chi connectivity index (χ3v) is 4.49. The molecule has 0 aliphatic carbocycles. The highest BCUT2D eigenvalue weighted by Gasteiger charge is 2.03. The molecule has 1 aromatic heterocycles. The van der Waals surface area contributed by atoms with Gasteiger partial charge in [-0.1, -0.05) is 30.3 Å². The van der Waals surface area contributed by atoms with E-state index in [1.807, 2.05) is 36.8 Å². The van der Waals surface area contributed by atoms with Crippen LogP contribution in [0.5, 0.6) is 5.75 Å². The number of methoxy groups -OCH3 is 1. The molecule has 30 heavy (non-hydrogen) atoms. The fourth-order valence-corrected chi connectivity index (χ4v) is 2.91. The number of nitrogens with one attached hydrogen (secondary N) is 2. The van der Waals surface area contributed by atoms with E-state index in [1.165, 1.54) is 11.1 Å². The number of aliphatic imine (C=N–C) groups is 1. The standard InChI is InChI=1S/C23H29N5O2/c1-24-23(27-21-5-3-6-22(15-21)30-14-4-13-29-2)26-16-19-7-9-20(10-8-19)17-28-12-11-25-18-28/h3,5-12,15,18H,4,13-14,16-17H2,1-2H3,(H2,24,26,27). The lowest BCUT2D eigenvalue weighted by atomic mass is 10.1. The van der Waals surface area contributed by atoms with Crippen molar-refractivity contribution in [3.8, 4) is 5.75 Å². The largest absolute Gasteiger partial charge is 0.493 e. The van der Waals surface area contributed by atoms with Crippen molar-refractivity contribution in [2.24, 2.45) is 4.99 Å². The highest BCUT2D eigenvalue weighted by molar-refractivity contribution is 5.93. The van der Waals surface area contributed by atoms with E-state index in [0.717, 1.165) is 24.4 Å². The second-order valence-corrected chi connectivity index (χ2v) is 6.82. The van der Waals surface area contributed by atoms with Crippen molar-refractivity contribution >= 4 is 11.6 Å². The predicted octanol–water partition coefficient (Wildman–Crippen LogP) is 3.53. The molecule has 158 valence electrons. The van der Waals surface area contributed by atoms with E-state index in [4.69, 9.17) is 9.47 Å². The summed E-state index contributed by atoms with van der Waals surface area (Å²) in [7, 11) is 3.45. The summed E-state index contributed by atoms with van der Waals surface area (Å²) in [5.41, 5.74) is 3.34. The van der Waals surface area contributed by atoms with Crippen molar-refractivity contribution in [1.29, 1.82) is 0 Å². The van der Waals surface area contributed by atoms with E-state index in [2.05, 4.69) is 49.4 Å². The highest BCUT2D eigenvalue weighted by Crippen LogP contribution is 2.17. The molecular formula is C23H29N5O2. The summed E-state index contributed by atoms with van der Waals surface area (Å²) < 4.78 is 12.8. The minimum Gasteiger partial charge on any atom is -0.493 e. The number of aromatic nitrogens is 2. The maximum Gasteiger partial charge on any atom is 0.195 e. The van der Waals surface area contributed by atoms with Crippen molar-refractivity contribution in [1.82, 2.24) is 14.9 Å². The number of guanidine groups is 1. The fourth-order valence-electron chi connectivity index (χ4n) is 2.91. The summed E-state index contributed by atoms with van der Waals surface area (Å²) in [5.74, 6) is 1.52. The monoisotopic (exact) mass is 407 g/mol. The van der Waals surface area contributed by atoms with Crippen molar-refractivity contribution in [3.63, 3.8) is 0 Å². The van der Waals surface area contributed by atoms with Gasteiger partial charge in [-0.2, -0.15) is 0 Å². The van der Waals surface area contributed by atoms with E-state index >= 15 is 0 Å². The lowest BCUT2D eigenvalue weighted by Crippen LogP contribution is -2.30. The minimum absolute atomic E-state index is 0.626. The van der Waals surface area contributed by atoms with Crippen molar-refractivity contribution in [2.45, 2.75) is 19.5 Å². The SMILES string of the molecule is CN=C(NCc1ccc(Cn2ccnc2)cc1)Nc1cccc(OCCCOC)c1. The maximum absolute atomic E-state index is 5.76. The molecule has 0 unspecified atom stereocenters. The first-order valence-corrected chi connectivity index (χ1v) is 10.00. The highest BCUT2D eigenvalue weighted by atomic mass is 16.5. The summed E-state index contributed by atoms with van der Waals surface area (Å²) in [6.07, 6.45) is 6.44.